The Balaban J connectivity index is 0.00000144. The second-order valence-electron chi connectivity index (χ2n) is 2.49. The zero-order chi connectivity index (χ0) is 9.14. The van der Waals surface area contributed by atoms with Gasteiger partial charge in [0.15, 0.2) is 0 Å². The third-order valence-corrected chi connectivity index (χ3v) is 2.43. The average Bonchev–Trinajstić information content (AvgIpc) is 2.01. The predicted octanol–water partition coefficient (Wildman–Crippen LogP) is 2.63. The molecule has 0 unspecified atom stereocenters. The summed E-state index contributed by atoms with van der Waals surface area (Å²) in [6.07, 6.45) is 0. The van der Waals surface area contributed by atoms with Crippen LogP contribution in [0.3, 0.4) is 0 Å². The van der Waals surface area contributed by atoms with Crippen LogP contribution >= 0.6 is 44.3 Å². The molecule has 13 heavy (non-hydrogen) atoms. The highest BCUT2D eigenvalue weighted by molar-refractivity contribution is 9.11. The molecule has 0 aliphatic heterocycles. The number of aliphatic hydroxyl groups excluding tert-OH is 1. The maximum atomic E-state index is 8.81. The van der Waals surface area contributed by atoms with Crippen molar-refractivity contribution < 1.29 is 5.11 Å². The fourth-order valence-electron chi connectivity index (χ4n) is 0.895. The summed E-state index contributed by atoms with van der Waals surface area (Å²) in [7, 11) is 0. The molecule has 0 amide bonds. The molecule has 0 spiro atoms. The van der Waals surface area contributed by atoms with E-state index in [0.717, 1.165) is 14.5 Å². The van der Waals surface area contributed by atoms with Crippen LogP contribution < -0.4 is 5.73 Å². The van der Waals surface area contributed by atoms with Crippen LogP contribution in [0.25, 0.3) is 0 Å². The Bertz CT molecular complexity index is 263. The van der Waals surface area contributed by atoms with Gasteiger partial charge in [-0.05, 0) is 23.8 Å². The van der Waals surface area contributed by atoms with E-state index >= 15 is 0 Å². The molecule has 0 saturated heterocycles. The van der Waals surface area contributed by atoms with E-state index < -0.39 is 0 Å². The first-order chi connectivity index (χ1) is 5.63. The molecule has 74 valence electrons. The number of halogens is 3. The summed E-state index contributed by atoms with van der Waals surface area (Å²) in [6, 6.07) is 5.41. The van der Waals surface area contributed by atoms with Crippen molar-refractivity contribution in [1.82, 2.24) is 0 Å². The number of benzene rings is 1. The smallest absolute Gasteiger partial charge is 0.0624 e. The van der Waals surface area contributed by atoms with Gasteiger partial charge in [-0.2, -0.15) is 0 Å². The second kappa shape index (κ2) is 5.98. The van der Waals surface area contributed by atoms with Gasteiger partial charge in [0.25, 0.3) is 0 Å². The maximum absolute atomic E-state index is 8.81. The number of rotatable bonds is 2. The van der Waals surface area contributed by atoms with Gasteiger partial charge in [0.2, 0.25) is 0 Å². The molecule has 0 radical (unpaired) electrons. The van der Waals surface area contributed by atoms with E-state index in [2.05, 4.69) is 31.9 Å². The van der Waals surface area contributed by atoms with Crippen LogP contribution in [0.15, 0.2) is 27.1 Å². The van der Waals surface area contributed by atoms with E-state index in [-0.39, 0.29) is 25.1 Å². The minimum absolute atomic E-state index is 0. The monoisotopic (exact) mass is 329 g/mol. The lowest BCUT2D eigenvalue weighted by Gasteiger charge is -2.09. The normalized spacial score (nSPS) is 12.0. The number of hydrogen-bond acceptors (Lipinski definition) is 2. The molecule has 0 aromatic heterocycles. The van der Waals surface area contributed by atoms with Crippen molar-refractivity contribution in [3.63, 3.8) is 0 Å². The highest BCUT2D eigenvalue weighted by Gasteiger charge is 2.05. The quantitative estimate of drug-likeness (QED) is 0.875. The van der Waals surface area contributed by atoms with Crippen LogP contribution in [-0.2, 0) is 0 Å². The van der Waals surface area contributed by atoms with Crippen LogP contribution in [-0.4, -0.2) is 11.7 Å². The first-order valence-electron chi connectivity index (χ1n) is 3.46. The van der Waals surface area contributed by atoms with Crippen molar-refractivity contribution in [2.24, 2.45) is 5.73 Å². The number of hydrogen-bond donors (Lipinski definition) is 2. The minimum atomic E-state index is -0.307. The van der Waals surface area contributed by atoms with Crippen molar-refractivity contribution in [2.75, 3.05) is 6.61 Å². The molecule has 1 rings (SSSR count). The van der Waals surface area contributed by atoms with Crippen LogP contribution in [0.4, 0.5) is 0 Å². The fourth-order valence-corrected chi connectivity index (χ4v) is 2.22. The lowest BCUT2D eigenvalue weighted by molar-refractivity contribution is 0.268. The third-order valence-electron chi connectivity index (χ3n) is 1.51. The van der Waals surface area contributed by atoms with E-state index in [1.165, 1.54) is 0 Å². The third kappa shape index (κ3) is 3.95. The van der Waals surface area contributed by atoms with Gasteiger partial charge in [-0.1, -0.05) is 31.9 Å². The Hall–Kier alpha value is 0.390. The van der Waals surface area contributed by atoms with E-state index in [9.17, 15) is 0 Å². The lowest BCUT2D eigenvalue weighted by atomic mass is 10.1. The summed E-state index contributed by atoms with van der Waals surface area (Å²) >= 11 is 6.69. The van der Waals surface area contributed by atoms with Crippen molar-refractivity contribution in [3.05, 3.63) is 32.7 Å². The van der Waals surface area contributed by atoms with Gasteiger partial charge < -0.3 is 10.8 Å². The molecular formula is C8H10Br2ClNO. The lowest BCUT2D eigenvalue weighted by Crippen LogP contribution is -2.14. The fraction of sp³-hybridized carbons (Fsp3) is 0.250. The van der Waals surface area contributed by atoms with Crippen LogP contribution in [0.5, 0.6) is 0 Å². The molecule has 0 fully saturated rings. The minimum Gasteiger partial charge on any atom is -0.394 e. The largest absolute Gasteiger partial charge is 0.394 e. The first kappa shape index (κ1) is 13.4. The van der Waals surface area contributed by atoms with Gasteiger partial charge in [-0.15, -0.1) is 12.4 Å². The number of aliphatic hydroxyl groups is 1. The zero-order valence-electron chi connectivity index (χ0n) is 6.71. The first-order valence-corrected chi connectivity index (χ1v) is 5.04. The molecule has 0 heterocycles. The molecule has 5 heteroatoms. The zero-order valence-corrected chi connectivity index (χ0v) is 10.7. The Kier molecular flexibility index (Phi) is 6.16. The molecule has 0 aliphatic rings. The Morgan fingerprint density at radius 3 is 2.08 bits per heavy atom. The summed E-state index contributed by atoms with van der Waals surface area (Å²) in [5.74, 6) is 0. The molecule has 1 aromatic rings. The predicted molar refractivity (Wildman–Crippen MR) is 63.1 cm³/mol. The molecule has 0 bridgehead atoms. The summed E-state index contributed by atoms with van der Waals surface area (Å²) < 4.78 is 1.91. The molecule has 1 aromatic carbocycles. The van der Waals surface area contributed by atoms with Gasteiger partial charge in [0.1, 0.15) is 0 Å². The summed E-state index contributed by atoms with van der Waals surface area (Å²) in [4.78, 5) is 0. The Morgan fingerprint density at radius 1 is 1.23 bits per heavy atom. The van der Waals surface area contributed by atoms with Crippen molar-refractivity contribution in [3.8, 4) is 0 Å². The van der Waals surface area contributed by atoms with Crippen molar-refractivity contribution >= 4 is 44.3 Å². The maximum Gasteiger partial charge on any atom is 0.0624 e. The molecule has 0 aliphatic carbocycles. The SMILES string of the molecule is Cl.N[C@H](CO)c1cc(Br)cc(Br)c1. The van der Waals surface area contributed by atoms with Crippen molar-refractivity contribution in [1.29, 1.82) is 0 Å². The van der Waals surface area contributed by atoms with E-state index in [4.69, 9.17) is 10.8 Å². The summed E-state index contributed by atoms with van der Waals surface area (Å²) in [5, 5.41) is 8.81. The topological polar surface area (TPSA) is 46.2 Å². The van der Waals surface area contributed by atoms with Gasteiger partial charge in [0.05, 0.1) is 12.6 Å². The van der Waals surface area contributed by atoms with Crippen LogP contribution in [0.1, 0.15) is 11.6 Å². The van der Waals surface area contributed by atoms with Gasteiger partial charge in [0, 0.05) is 8.95 Å². The van der Waals surface area contributed by atoms with Gasteiger partial charge >= 0.3 is 0 Å². The van der Waals surface area contributed by atoms with Crippen LogP contribution in [0.2, 0.25) is 0 Å². The number of nitrogens with two attached hydrogens (primary N) is 1. The summed E-state index contributed by atoms with van der Waals surface area (Å²) in [5.41, 5.74) is 6.56. The van der Waals surface area contributed by atoms with Crippen LogP contribution in [0, 0.1) is 0 Å². The van der Waals surface area contributed by atoms with E-state index in [0.29, 0.717) is 0 Å². The van der Waals surface area contributed by atoms with E-state index in [1.54, 1.807) is 0 Å². The Morgan fingerprint density at radius 2 is 1.69 bits per heavy atom. The highest BCUT2D eigenvalue weighted by atomic mass is 79.9. The molecule has 1 atom stereocenters. The van der Waals surface area contributed by atoms with Gasteiger partial charge in [-0.25, -0.2) is 0 Å². The van der Waals surface area contributed by atoms with Gasteiger partial charge in [-0.3, -0.25) is 0 Å². The average molecular weight is 331 g/mol. The molecule has 0 saturated carbocycles. The standard InChI is InChI=1S/C8H9Br2NO.ClH/c9-6-1-5(8(11)4-12)2-7(10)3-6;/h1-3,8,12H,4,11H2;1H/t8-;/m1./s1. The highest BCUT2D eigenvalue weighted by Crippen LogP contribution is 2.22. The molecule has 2 nitrogen and oxygen atoms in total. The van der Waals surface area contributed by atoms with E-state index in [1.807, 2.05) is 18.2 Å². The molecular weight excluding hydrogens is 321 g/mol. The molecule has 3 N–H and O–H groups in total. The summed E-state index contributed by atoms with van der Waals surface area (Å²) in [6.45, 7) is -0.0388. The van der Waals surface area contributed by atoms with Crippen molar-refractivity contribution in [2.45, 2.75) is 6.04 Å². The Labute approximate surface area is 100 Å². The second-order valence-corrected chi connectivity index (χ2v) is 4.32.